The minimum atomic E-state index is -0.505. The number of benzene rings is 1. The van der Waals surface area contributed by atoms with Crippen LogP contribution in [0.4, 0.5) is 10.1 Å². The molecule has 1 fully saturated rings. The monoisotopic (exact) mass is 303 g/mol. The van der Waals surface area contributed by atoms with E-state index in [1.165, 1.54) is 6.07 Å². The fourth-order valence-corrected chi connectivity index (χ4v) is 2.83. The summed E-state index contributed by atoms with van der Waals surface area (Å²) in [6.07, 6.45) is 3.73. The molecule has 1 aliphatic rings. The second-order valence-corrected chi connectivity index (χ2v) is 5.68. The summed E-state index contributed by atoms with van der Waals surface area (Å²) in [5, 5.41) is 12.1. The van der Waals surface area contributed by atoms with E-state index in [9.17, 15) is 9.18 Å². The van der Waals surface area contributed by atoms with Crippen molar-refractivity contribution in [3.8, 4) is 6.07 Å². The van der Waals surface area contributed by atoms with Crippen molar-refractivity contribution in [1.82, 2.24) is 5.32 Å². The summed E-state index contributed by atoms with van der Waals surface area (Å²) in [4.78, 5) is 14.1. The lowest BCUT2D eigenvalue weighted by atomic mass is 9.96. The summed E-state index contributed by atoms with van der Waals surface area (Å²) in [7, 11) is 0. The third-order valence-corrected chi connectivity index (χ3v) is 4.07. The van der Waals surface area contributed by atoms with Gasteiger partial charge in [0.15, 0.2) is 0 Å². The first-order chi connectivity index (χ1) is 10.7. The lowest BCUT2D eigenvalue weighted by Crippen LogP contribution is -2.43. The number of nitriles is 1. The normalized spacial score (nSPS) is 17.9. The molecule has 1 saturated heterocycles. The van der Waals surface area contributed by atoms with E-state index in [0.717, 1.165) is 32.2 Å². The first-order valence-corrected chi connectivity index (χ1v) is 7.88. The zero-order chi connectivity index (χ0) is 15.9. The van der Waals surface area contributed by atoms with E-state index in [4.69, 9.17) is 5.26 Å². The van der Waals surface area contributed by atoms with Gasteiger partial charge in [0.2, 0.25) is 5.91 Å². The van der Waals surface area contributed by atoms with Crippen LogP contribution in [0.25, 0.3) is 0 Å². The van der Waals surface area contributed by atoms with Gasteiger partial charge in [-0.05, 0) is 31.4 Å². The topological polar surface area (TPSA) is 56.1 Å². The molecule has 0 radical (unpaired) electrons. The maximum Gasteiger partial charge on any atom is 0.224 e. The van der Waals surface area contributed by atoms with Crippen LogP contribution in [0.5, 0.6) is 0 Å². The van der Waals surface area contributed by atoms with E-state index in [-0.39, 0.29) is 17.4 Å². The van der Waals surface area contributed by atoms with Gasteiger partial charge in [-0.3, -0.25) is 4.79 Å². The van der Waals surface area contributed by atoms with Crippen molar-refractivity contribution in [1.29, 1.82) is 5.26 Å². The summed E-state index contributed by atoms with van der Waals surface area (Å²) in [5.74, 6) is -0.539. The molecule has 0 bridgehead atoms. The van der Waals surface area contributed by atoms with Crippen LogP contribution in [0.1, 0.15) is 38.2 Å². The Balaban J connectivity index is 2.06. The van der Waals surface area contributed by atoms with E-state index in [1.807, 2.05) is 11.0 Å². The predicted octanol–water partition coefficient (Wildman–Crippen LogP) is 2.83. The number of halogens is 1. The zero-order valence-corrected chi connectivity index (χ0v) is 12.9. The fourth-order valence-electron chi connectivity index (χ4n) is 2.83. The van der Waals surface area contributed by atoms with Crippen molar-refractivity contribution in [3.63, 3.8) is 0 Å². The Labute approximate surface area is 130 Å². The molecule has 1 N–H and O–H groups in total. The molecule has 0 aromatic heterocycles. The highest BCUT2D eigenvalue weighted by molar-refractivity contribution is 5.79. The number of amides is 1. The smallest absolute Gasteiger partial charge is 0.224 e. The van der Waals surface area contributed by atoms with Crippen molar-refractivity contribution in [3.05, 3.63) is 29.6 Å². The Morgan fingerprint density at radius 2 is 2.36 bits per heavy atom. The maximum absolute atomic E-state index is 13.7. The van der Waals surface area contributed by atoms with Gasteiger partial charge in [0.1, 0.15) is 17.4 Å². The van der Waals surface area contributed by atoms with Crippen LogP contribution in [0, 0.1) is 23.1 Å². The fraction of sp³-hybridized carbons (Fsp3) is 0.529. The number of rotatable bonds is 5. The number of piperidine rings is 1. The molecule has 1 aromatic carbocycles. The molecule has 1 amide bonds. The van der Waals surface area contributed by atoms with Crippen LogP contribution in [-0.4, -0.2) is 25.5 Å². The molecule has 0 spiro atoms. The summed E-state index contributed by atoms with van der Waals surface area (Å²) < 4.78 is 13.7. The van der Waals surface area contributed by atoms with E-state index >= 15 is 0 Å². The lowest BCUT2D eigenvalue weighted by molar-refractivity contribution is -0.125. The third-order valence-electron chi connectivity index (χ3n) is 4.07. The number of nitrogens with one attached hydrogen (secondary N) is 1. The minimum Gasteiger partial charge on any atom is -0.370 e. The van der Waals surface area contributed by atoms with Crippen molar-refractivity contribution < 1.29 is 9.18 Å². The standard InChI is InChI=1S/C17H22FN3O/c1-2-3-9-20-17(22)13-6-5-10-21(12-13)16-8-4-7-15(18)14(16)11-19/h4,7-8,13H,2-3,5-6,9-10,12H2,1H3,(H,20,22). The van der Waals surface area contributed by atoms with Gasteiger partial charge in [-0.1, -0.05) is 19.4 Å². The van der Waals surface area contributed by atoms with Gasteiger partial charge in [0.25, 0.3) is 0 Å². The van der Waals surface area contributed by atoms with Crippen molar-refractivity contribution in [2.45, 2.75) is 32.6 Å². The molecular formula is C17H22FN3O. The molecule has 2 rings (SSSR count). The Hall–Kier alpha value is -2.09. The number of hydrogen-bond acceptors (Lipinski definition) is 3. The molecule has 5 heteroatoms. The summed E-state index contributed by atoms with van der Waals surface area (Å²) in [6.45, 7) is 4.07. The summed E-state index contributed by atoms with van der Waals surface area (Å²) >= 11 is 0. The molecule has 118 valence electrons. The first-order valence-electron chi connectivity index (χ1n) is 7.88. The van der Waals surface area contributed by atoms with Crippen LogP contribution in [0.2, 0.25) is 0 Å². The Morgan fingerprint density at radius 3 is 3.09 bits per heavy atom. The van der Waals surface area contributed by atoms with Gasteiger partial charge in [0.05, 0.1) is 11.6 Å². The SMILES string of the molecule is CCCCNC(=O)C1CCCN(c2cccc(F)c2C#N)C1. The van der Waals surface area contributed by atoms with E-state index in [2.05, 4.69) is 12.2 Å². The van der Waals surface area contributed by atoms with Gasteiger partial charge in [-0.2, -0.15) is 5.26 Å². The van der Waals surface area contributed by atoms with E-state index in [1.54, 1.807) is 12.1 Å². The number of carbonyl (C=O) groups excluding carboxylic acids is 1. The van der Waals surface area contributed by atoms with Crippen LogP contribution in [-0.2, 0) is 4.79 Å². The summed E-state index contributed by atoms with van der Waals surface area (Å²) in [6, 6.07) is 6.58. The molecule has 22 heavy (non-hydrogen) atoms. The number of unbranched alkanes of at least 4 members (excludes halogenated alkanes) is 1. The average molecular weight is 303 g/mol. The van der Waals surface area contributed by atoms with Gasteiger partial charge in [-0.25, -0.2) is 4.39 Å². The third kappa shape index (κ3) is 3.76. The number of carbonyl (C=O) groups is 1. The Bertz CT molecular complexity index is 568. The summed E-state index contributed by atoms with van der Waals surface area (Å²) in [5.41, 5.74) is 0.656. The van der Waals surface area contributed by atoms with Gasteiger partial charge in [-0.15, -0.1) is 0 Å². The quantitative estimate of drug-likeness (QED) is 0.851. The minimum absolute atomic E-state index is 0.0630. The molecule has 1 unspecified atom stereocenters. The van der Waals surface area contributed by atoms with Crippen LogP contribution < -0.4 is 10.2 Å². The first kappa shape index (κ1) is 16.3. The molecule has 0 saturated carbocycles. The number of nitrogens with zero attached hydrogens (tertiary/aromatic N) is 2. The predicted molar refractivity (Wildman–Crippen MR) is 84.0 cm³/mol. The largest absolute Gasteiger partial charge is 0.370 e. The highest BCUT2D eigenvalue weighted by Crippen LogP contribution is 2.27. The lowest BCUT2D eigenvalue weighted by Gasteiger charge is -2.34. The second-order valence-electron chi connectivity index (χ2n) is 5.68. The second kappa shape index (κ2) is 7.79. The average Bonchev–Trinajstić information content (AvgIpc) is 2.55. The van der Waals surface area contributed by atoms with Crippen molar-refractivity contribution in [2.75, 3.05) is 24.5 Å². The van der Waals surface area contributed by atoms with Crippen LogP contribution in [0.3, 0.4) is 0 Å². The van der Waals surface area contributed by atoms with E-state index < -0.39 is 5.82 Å². The molecule has 1 aromatic rings. The number of hydrogen-bond donors (Lipinski definition) is 1. The highest BCUT2D eigenvalue weighted by atomic mass is 19.1. The molecule has 1 aliphatic heterocycles. The highest BCUT2D eigenvalue weighted by Gasteiger charge is 2.27. The molecule has 1 heterocycles. The van der Waals surface area contributed by atoms with Crippen LogP contribution in [0.15, 0.2) is 18.2 Å². The van der Waals surface area contributed by atoms with Crippen molar-refractivity contribution in [2.24, 2.45) is 5.92 Å². The Morgan fingerprint density at radius 1 is 1.55 bits per heavy atom. The van der Waals surface area contributed by atoms with Gasteiger partial charge >= 0.3 is 0 Å². The molecule has 0 aliphatic carbocycles. The number of anilines is 1. The van der Waals surface area contributed by atoms with Gasteiger partial charge in [0, 0.05) is 19.6 Å². The zero-order valence-electron chi connectivity index (χ0n) is 12.9. The van der Waals surface area contributed by atoms with Crippen molar-refractivity contribution >= 4 is 11.6 Å². The molecular weight excluding hydrogens is 281 g/mol. The van der Waals surface area contributed by atoms with Crippen LogP contribution >= 0.6 is 0 Å². The van der Waals surface area contributed by atoms with E-state index in [0.29, 0.717) is 18.8 Å². The maximum atomic E-state index is 13.7. The van der Waals surface area contributed by atoms with Gasteiger partial charge < -0.3 is 10.2 Å². The molecule has 4 nitrogen and oxygen atoms in total. The Kier molecular flexibility index (Phi) is 5.76. The molecule has 1 atom stereocenters.